The van der Waals surface area contributed by atoms with Gasteiger partial charge in [-0.3, -0.25) is 9.10 Å². The Morgan fingerprint density at radius 1 is 1.09 bits per heavy atom. The molecule has 0 fully saturated rings. The van der Waals surface area contributed by atoms with Crippen molar-refractivity contribution in [2.24, 2.45) is 0 Å². The molecule has 7 nitrogen and oxygen atoms in total. The smallest absolute Gasteiger partial charge is 0.267 e. The van der Waals surface area contributed by atoms with Gasteiger partial charge >= 0.3 is 0 Å². The van der Waals surface area contributed by atoms with Gasteiger partial charge in [0.05, 0.1) is 29.3 Å². The Labute approximate surface area is 195 Å². The number of sulfonamides is 1. The number of carbonyl (C=O) groups is 1. The first-order valence-corrected chi connectivity index (χ1v) is 11.7. The molecule has 1 unspecified atom stereocenters. The van der Waals surface area contributed by atoms with Crippen LogP contribution in [0.3, 0.4) is 0 Å². The number of anilines is 2. The van der Waals surface area contributed by atoms with E-state index in [-0.39, 0.29) is 17.2 Å². The summed E-state index contributed by atoms with van der Waals surface area (Å²) in [5, 5.41) is 3.46. The number of halogens is 2. The molecule has 4 rings (SSSR count). The molecule has 10 heteroatoms. The number of methoxy groups -OCH3 is 1. The van der Waals surface area contributed by atoms with Crippen molar-refractivity contribution in [1.82, 2.24) is 0 Å². The molecule has 1 N–H and O–H groups in total. The van der Waals surface area contributed by atoms with E-state index in [4.69, 9.17) is 32.7 Å². The van der Waals surface area contributed by atoms with Crippen LogP contribution in [0.2, 0.25) is 10.0 Å². The molecule has 0 aliphatic carbocycles. The monoisotopic (exact) mass is 492 g/mol. The first-order chi connectivity index (χ1) is 15.3. The zero-order valence-electron chi connectivity index (χ0n) is 16.8. The summed E-state index contributed by atoms with van der Waals surface area (Å²) in [5.41, 5.74) is 0.773. The summed E-state index contributed by atoms with van der Waals surface area (Å²) in [6.07, 6.45) is -1.09. The third-order valence-corrected chi connectivity index (χ3v) is 7.19. The van der Waals surface area contributed by atoms with Crippen molar-refractivity contribution < 1.29 is 22.7 Å². The van der Waals surface area contributed by atoms with E-state index in [1.807, 2.05) is 0 Å². The maximum absolute atomic E-state index is 13.4. The Balaban J connectivity index is 1.64. The molecule has 0 spiro atoms. The van der Waals surface area contributed by atoms with E-state index < -0.39 is 22.0 Å². The first kappa shape index (κ1) is 22.3. The maximum atomic E-state index is 13.4. The highest BCUT2D eigenvalue weighted by atomic mass is 35.5. The molecular weight excluding hydrogens is 475 g/mol. The largest absolute Gasteiger partial charge is 0.495 e. The van der Waals surface area contributed by atoms with E-state index >= 15 is 0 Å². The van der Waals surface area contributed by atoms with E-state index in [2.05, 4.69) is 5.32 Å². The van der Waals surface area contributed by atoms with Gasteiger partial charge < -0.3 is 14.8 Å². The summed E-state index contributed by atoms with van der Waals surface area (Å²) in [5.74, 6) is 0.231. The molecule has 0 aromatic heterocycles. The molecule has 1 aliphatic heterocycles. The van der Waals surface area contributed by atoms with Crippen molar-refractivity contribution in [2.75, 3.05) is 23.3 Å². The molecule has 32 heavy (non-hydrogen) atoms. The van der Waals surface area contributed by atoms with Gasteiger partial charge in [-0.1, -0.05) is 35.3 Å². The van der Waals surface area contributed by atoms with Gasteiger partial charge in [0.25, 0.3) is 15.9 Å². The highest BCUT2D eigenvalue weighted by molar-refractivity contribution is 7.92. The second-order valence-corrected chi connectivity index (χ2v) is 9.61. The van der Waals surface area contributed by atoms with Gasteiger partial charge in [0.1, 0.15) is 11.5 Å². The number of rotatable bonds is 5. The van der Waals surface area contributed by atoms with Crippen LogP contribution in [-0.2, 0) is 14.8 Å². The number of para-hydroxylation sites is 2. The summed E-state index contributed by atoms with van der Waals surface area (Å²) in [7, 11) is -2.48. The maximum Gasteiger partial charge on any atom is 0.267 e. The number of benzene rings is 3. The van der Waals surface area contributed by atoms with Crippen molar-refractivity contribution in [3.05, 3.63) is 76.8 Å². The predicted octanol–water partition coefficient (Wildman–Crippen LogP) is 4.60. The summed E-state index contributed by atoms with van der Waals surface area (Å²) in [6, 6.07) is 17.3. The van der Waals surface area contributed by atoms with E-state index in [0.29, 0.717) is 27.2 Å². The SMILES string of the molecule is COc1ccc(NC(=O)C2CN(S(=O)(=O)c3ccc(Cl)cc3)c3ccccc3O2)cc1Cl. The number of hydrogen-bond acceptors (Lipinski definition) is 5. The lowest BCUT2D eigenvalue weighted by Gasteiger charge is -2.34. The van der Waals surface area contributed by atoms with Crippen LogP contribution in [0.15, 0.2) is 71.6 Å². The van der Waals surface area contributed by atoms with Gasteiger partial charge in [-0.15, -0.1) is 0 Å². The second-order valence-electron chi connectivity index (χ2n) is 6.90. The predicted molar refractivity (Wildman–Crippen MR) is 123 cm³/mol. The quantitative estimate of drug-likeness (QED) is 0.562. The lowest BCUT2D eigenvalue weighted by molar-refractivity contribution is -0.122. The third-order valence-electron chi connectivity index (χ3n) is 4.85. The zero-order valence-corrected chi connectivity index (χ0v) is 19.1. The van der Waals surface area contributed by atoms with E-state index in [9.17, 15) is 13.2 Å². The summed E-state index contributed by atoms with van der Waals surface area (Å²) in [4.78, 5) is 13.0. The first-order valence-electron chi connectivity index (χ1n) is 9.48. The fourth-order valence-electron chi connectivity index (χ4n) is 3.27. The number of fused-ring (bicyclic) bond motifs is 1. The van der Waals surface area contributed by atoms with E-state index in [1.165, 1.54) is 41.7 Å². The number of amides is 1. The Hall–Kier alpha value is -2.94. The molecule has 3 aromatic carbocycles. The van der Waals surface area contributed by atoms with Crippen LogP contribution in [-0.4, -0.2) is 34.1 Å². The summed E-state index contributed by atoms with van der Waals surface area (Å²) < 4.78 is 38.8. The topological polar surface area (TPSA) is 84.9 Å². The number of carbonyl (C=O) groups excluding carboxylic acids is 1. The van der Waals surface area contributed by atoms with Crippen LogP contribution < -0.4 is 19.1 Å². The van der Waals surface area contributed by atoms with Crippen LogP contribution in [0.4, 0.5) is 11.4 Å². The average molecular weight is 493 g/mol. The molecule has 1 aliphatic rings. The highest BCUT2D eigenvalue weighted by Crippen LogP contribution is 2.37. The van der Waals surface area contributed by atoms with Crippen molar-refractivity contribution >= 4 is 50.5 Å². The number of nitrogens with zero attached hydrogens (tertiary/aromatic N) is 1. The van der Waals surface area contributed by atoms with Crippen molar-refractivity contribution in [3.8, 4) is 11.5 Å². The van der Waals surface area contributed by atoms with Gasteiger partial charge in [0.2, 0.25) is 0 Å². The van der Waals surface area contributed by atoms with Crippen LogP contribution in [0.25, 0.3) is 0 Å². The van der Waals surface area contributed by atoms with Gasteiger partial charge in [0, 0.05) is 10.7 Å². The van der Waals surface area contributed by atoms with Crippen LogP contribution in [0.1, 0.15) is 0 Å². The third kappa shape index (κ3) is 4.34. The van der Waals surface area contributed by atoms with Gasteiger partial charge in [-0.25, -0.2) is 8.42 Å². The number of nitrogens with one attached hydrogen (secondary N) is 1. The Morgan fingerprint density at radius 3 is 2.50 bits per heavy atom. The molecule has 1 amide bonds. The minimum Gasteiger partial charge on any atom is -0.495 e. The van der Waals surface area contributed by atoms with Crippen LogP contribution >= 0.6 is 23.2 Å². The minimum atomic E-state index is -3.97. The Morgan fingerprint density at radius 2 is 1.81 bits per heavy atom. The normalized spacial score (nSPS) is 15.5. The molecular formula is C22H18Cl2N2O5S. The Bertz CT molecular complexity index is 1270. The number of ether oxygens (including phenoxy) is 2. The lowest BCUT2D eigenvalue weighted by Crippen LogP contribution is -2.48. The molecule has 166 valence electrons. The van der Waals surface area contributed by atoms with Crippen molar-refractivity contribution in [1.29, 1.82) is 0 Å². The molecule has 0 bridgehead atoms. The zero-order chi connectivity index (χ0) is 22.9. The van der Waals surface area contributed by atoms with Gasteiger partial charge in [0.15, 0.2) is 6.10 Å². The molecule has 1 heterocycles. The average Bonchev–Trinajstić information content (AvgIpc) is 2.78. The van der Waals surface area contributed by atoms with Crippen molar-refractivity contribution in [3.63, 3.8) is 0 Å². The Kier molecular flexibility index (Phi) is 6.19. The van der Waals surface area contributed by atoms with E-state index in [0.717, 1.165) is 0 Å². The molecule has 3 aromatic rings. The molecule has 1 atom stereocenters. The van der Waals surface area contributed by atoms with Crippen molar-refractivity contribution in [2.45, 2.75) is 11.0 Å². The molecule has 0 saturated carbocycles. The number of hydrogen-bond donors (Lipinski definition) is 1. The molecule has 0 saturated heterocycles. The minimum absolute atomic E-state index is 0.0553. The second kappa shape index (κ2) is 8.90. The van der Waals surface area contributed by atoms with Crippen LogP contribution in [0, 0.1) is 0 Å². The van der Waals surface area contributed by atoms with Crippen LogP contribution in [0.5, 0.6) is 11.5 Å². The standard InChI is InChI=1S/C22H18Cl2N2O5S/c1-30-19-11-8-15(12-17(19)24)25-22(27)21-13-26(18-4-2-3-5-20(18)31-21)32(28,29)16-9-6-14(23)7-10-16/h2-12,21H,13H2,1H3,(H,25,27). The van der Waals surface area contributed by atoms with Gasteiger partial charge in [-0.05, 0) is 54.6 Å². The van der Waals surface area contributed by atoms with Gasteiger partial charge in [-0.2, -0.15) is 0 Å². The summed E-state index contributed by atoms with van der Waals surface area (Å²) in [6.45, 7) is -0.211. The van der Waals surface area contributed by atoms with E-state index in [1.54, 1.807) is 36.4 Å². The fraction of sp³-hybridized carbons (Fsp3) is 0.136. The fourth-order valence-corrected chi connectivity index (χ4v) is 5.13. The summed E-state index contributed by atoms with van der Waals surface area (Å²) >= 11 is 12.0. The highest BCUT2D eigenvalue weighted by Gasteiger charge is 2.37. The molecule has 0 radical (unpaired) electrons. The lowest BCUT2D eigenvalue weighted by atomic mass is 10.2.